The molecule has 4 aromatic rings. The number of carbonyl (C=O) groups excluding carboxylic acids is 1. The normalized spacial score (nSPS) is 12.0. The Morgan fingerprint density at radius 1 is 1.06 bits per heavy atom. The van der Waals surface area contributed by atoms with Gasteiger partial charge in [0.15, 0.2) is 5.58 Å². The minimum atomic E-state index is -0.338. The van der Waals surface area contributed by atoms with Crippen molar-refractivity contribution in [2.45, 2.75) is 33.1 Å². The van der Waals surface area contributed by atoms with Crippen molar-refractivity contribution in [1.82, 2.24) is 4.98 Å². The molecule has 0 radical (unpaired) electrons. The fourth-order valence-electron chi connectivity index (χ4n) is 3.47. The quantitative estimate of drug-likeness (QED) is 0.290. The average molecular weight is 483 g/mol. The molecule has 33 heavy (non-hydrogen) atoms. The first-order chi connectivity index (χ1) is 15.9. The molecule has 0 bridgehead atoms. The highest BCUT2D eigenvalue weighted by atomic mass is 35.5. The van der Waals surface area contributed by atoms with Crippen LogP contribution in [0.25, 0.3) is 22.6 Å². The van der Waals surface area contributed by atoms with Gasteiger partial charge < -0.3 is 14.5 Å². The Morgan fingerprint density at radius 2 is 1.88 bits per heavy atom. The third kappa shape index (κ3) is 5.00. The molecule has 0 unspecified atom stereocenters. The third-order valence-corrected chi connectivity index (χ3v) is 6.17. The molecule has 5 nitrogen and oxygen atoms in total. The van der Waals surface area contributed by atoms with Gasteiger partial charge in [-0.05, 0) is 73.4 Å². The molecule has 3 aromatic carbocycles. The number of aromatic nitrogens is 1. The highest BCUT2D eigenvalue weighted by Gasteiger charge is 2.15. The predicted molar refractivity (Wildman–Crippen MR) is 134 cm³/mol. The first-order valence-electron chi connectivity index (χ1n) is 10.8. The minimum absolute atomic E-state index is 0.338. The summed E-state index contributed by atoms with van der Waals surface area (Å²) in [6, 6.07) is 16.2. The van der Waals surface area contributed by atoms with E-state index in [0.717, 1.165) is 11.9 Å². The molecule has 1 atom stereocenters. The maximum Gasteiger partial charge on any atom is 0.255 e. The Hall–Kier alpha value is -3.02. The van der Waals surface area contributed by atoms with Crippen LogP contribution < -0.4 is 10.1 Å². The van der Waals surface area contributed by atoms with Gasteiger partial charge in [0.1, 0.15) is 11.3 Å². The van der Waals surface area contributed by atoms with E-state index in [2.05, 4.69) is 36.3 Å². The van der Waals surface area contributed by atoms with Gasteiger partial charge in [-0.2, -0.15) is 0 Å². The van der Waals surface area contributed by atoms with Gasteiger partial charge in [0.2, 0.25) is 5.89 Å². The first kappa shape index (κ1) is 23.1. The highest BCUT2D eigenvalue weighted by Crippen LogP contribution is 2.32. The number of amides is 1. The van der Waals surface area contributed by atoms with Crippen molar-refractivity contribution in [2.24, 2.45) is 0 Å². The van der Waals surface area contributed by atoms with Gasteiger partial charge in [-0.3, -0.25) is 4.79 Å². The zero-order chi connectivity index (χ0) is 23.5. The molecule has 0 saturated carbocycles. The molecule has 0 spiro atoms. The van der Waals surface area contributed by atoms with Crippen molar-refractivity contribution >= 4 is 45.9 Å². The van der Waals surface area contributed by atoms with E-state index in [-0.39, 0.29) is 5.91 Å². The van der Waals surface area contributed by atoms with Crippen LogP contribution in [0.3, 0.4) is 0 Å². The van der Waals surface area contributed by atoms with Gasteiger partial charge in [-0.25, -0.2) is 4.98 Å². The van der Waals surface area contributed by atoms with Crippen molar-refractivity contribution in [2.75, 3.05) is 11.9 Å². The number of oxazole rings is 1. The summed E-state index contributed by atoms with van der Waals surface area (Å²) < 4.78 is 11.4. The van der Waals surface area contributed by atoms with Crippen LogP contribution in [0.1, 0.15) is 49.0 Å². The fraction of sp³-hybridized carbons (Fsp3) is 0.231. The molecule has 1 N–H and O–H groups in total. The number of carbonyl (C=O) groups is 1. The average Bonchev–Trinajstić information content (AvgIpc) is 3.24. The van der Waals surface area contributed by atoms with E-state index in [1.165, 1.54) is 5.56 Å². The van der Waals surface area contributed by atoms with E-state index in [1.54, 1.807) is 30.3 Å². The molecular weight excluding hydrogens is 459 g/mol. The van der Waals surface area contributed by atoms with Crippen LogP contribution in [0.15, 0.2) is 59.0 Å². The van der Waals surface area contributed by atoms with Gasteiger partial charge in [-0.1, -0.05) is 43.1 Å². The minimum Gasteiger partial charge on any atom is -0.492 e. The fourth-order valence-corrected chi connectivity index (χ4v) is 3.87. The number of nitrogens with zero attached hydrogens (tertiary/aromatic N) is 1. The number of halogens is 2. The number of anilines is 1. The second kappa shape index (κ2) is 9.86. The van der Waals surface area contributed by atoms with Gasteiger partial charge in [0, 0.05) is 11.1 Å². The molecule has 0 aliphatic rings. The van der Waals surface area contributed by atoms with E-state index in [4.69, 9.17) is 32.4 Å². The zero-order valence-corrected chi connectivity index (χ0v) is 20.1. The molecule has 0 aliphatic heterocycles. The Kier molecular flexibility index (Phi) is 6.91. The standard InChI is InChI=1S/C26H24Cl2N2O3/c1-4-15(3)16-7-11-24-22(13-16)30-26(33-24)18-6-9-19(27)21(14-18)29-25(31)17-8-10-23(32-5-2)20(28)12-17/h6-15H,4-5H2,1-3H3,(H,29,31)/t15-/m0/s1. The number of hydrogen-bond acceptors (Lipinski definition) is 4. The number of ether oxygens (including phenoxy) is 1. The van der Waals surface area contributed by atoms with E-state index in [1.807, 2.05) is 19.1 Å². The van der Waals surface area contributed by atoms with Crippen LogP contribution >= 0.6 is 23.2 Å². The Balaban J connectivity index is 1.60. The number of fused-ring (bicyclic) bond motifs is 1. The Bertz CT molecular complexity index is 1320. The summed E-state index contributed by atoms with van der Waals surface area (Å²) in [5.74, 6) is 1.10. The first-order valence-corrected chi connectivity index (χ1v) is 11.6. The van der Waals surface area contributed by atoms with E-state index in [9.17, 15) is 4.79 Å². The third-order valence-electron chi connectivity index (χ3n) is 5.55. The van der Waals surface area contributed by atoms with Crippen LogP contribution in [-0.4, -0.2) is 17.5 Å². The van der Waals surface area contributed by atoms with Gasteiger partial charge >= 0.3 is 0 Å². The second-order valence-electron chi connectivity index (χ2n) is 7.78. The van der Waals surface area contributed by atoms with Crippen molar-refractivity contribution in [3.05, 3.63) is 75.8 Å². The molecule has 170 valence electrons. The lowest BCUT2D eigenvalue weighted by Crippen LogP contribution is -2.12. The lowest BCUT2D eigenvalue weighted by molar-refractivity contribution is 0.102. The molecule has 0 saturated heterocycles. The number of rotatable bonds is 7. The summed E-state index contributed by atoms with van der Waals surface area (Å²) in [6.07, 6.45) is 1.05. The van der Waals surface area contributed by atoms with Crippen LogP contribution in [0.2, 0.25) is 10.0 Å². The molecule has 4 rings (SSSR count). The lowest BCUT2D eigenvalue weighted by Gasteiger charge is -2.10. The van der Waals surface area contributed by atoms with Crippen LogP contribution in [0.4, 0.5) is 5.69 Å². The van der Waals surface area contributed by atoms with Crippen LogP contribution in [0.5, 0.6) is 5.75 Å². The van der Waals surface area contributed by atoms with Crippen molar-refractivity contribution < 1.29 is 13.9 Å². The summed E-state index contributed by atoms with van der Waals surface area (Å²) in [5.41, 5.74) is 4.29. The van der Waals surface area contributed by atoms with Gasteiger partial charge in [0.05, 0.1) is 22.3 Å². The van der Waals surface area contributed by atoms with Crippen LogP contribution in [0, 0.1) is 0 Å². The SMILES string of the molecule is CCOc1ccc(C(=O)Nc2cc(-c3nc4cc([C@@H](C)CC)ccc4o3)ccc2Cl)cc1Cl. The van der Waals surface area contributed by atoms with Crippen molar-refractivity contribution in [3.8, 4) is 17.2 Å². The number of benzene rings is 3. The Morgan fingerprint density at radius 3 is 2.61 bits per heavy atom. The lowest BCUT2D eigenvalue weighted by atomic mass is 9.98. The van der Waals surface area contributed by atoms with Crippen LogP contribution in [-0.2, 0) is 0 Å². The molecule has 7 heteroatoms. The molecule has 0 fully saturated rings. The summed E-state index contributed by atoms with van der Waals surface area (Å²) in [4.78, 5) is 17.5. The summed E-state index contributed by atoms with van der Waals surface area (Å²) in [7, 11) is 0. The topological polar surface area (TPSA) is 64.4 Å². The molecular formula is C26H24Cl2N2O3. The molecule has 1 amide bonds. The molecule has 1 aromatic heterocycles. The monoisotopic (exact) mass is 482 g/mol. The summed E-state index contributed by atoms with van der Waals surface area (Å²) in [6.45, 7) is 6.71. The second-order valence-corrected chi connectivity index (χ2v) is 8.60. The zero-order valence-electron chi connectivity index (χ0n) is 18.6. The maximum atomic E-state index is 12.8. The molecule has 1 heterocycles. The summed E-state index contributed by atoms with van der Waals surface area (Å²) >= 11 is 12.6. The summed E-state index contributed by atoms with van der Waals surface area (Å²) in [5, 5.41) is 3.61. The molecule has 0 aliphatic carbocycles. The Labute approximate surface area is 202 Å². The van der Waals surface area contributed by atoms with E-state index in [0.29, 0.717) is 56.6 Å². The van der Waals surface area contributed by atoms with Gasteiger partial charge in [0.25, 0.3) is 5.91 Å². The number of hydrogen-bond donors (Lipinski definition) is 1. The van der Waals surface area contributed by atoms with E-state index < -0.39 is 0 Å². The van der Waals surface area contributed by atoms with E-state index >= 15 is 0 Å². The smallest absolute Gasteiger partial charge is 0.255 e. The highest BCUT2D eigenvalue weighted by molar-refractivity contribution is 6.34. The van der Waals surface area contributed by atoms with Crippen molar-refractivity contribution in [1.29, 1.82) is 0 Å². The maximum absolute atomic E-state index is 12.8. The number of nitrogens with one attached hydrogen (secondary N) is 1. The predicted octanol–water partition coefficient (Wildman–Crippen LogP) is 7.97. The van der Waals surface area contributed by atoms with Crippen molar-refractivity contribution in [3.63, 3.8) is 0 Å². The van der Waals surface area contributed by atoms with Gasteiger partial charge in [-0.15, -0.1) is 0 Å². The largest absolute Gasteiger partial charge is 0.492 e.